The molecule has 1 aromatic carbocycles. The monoisotopic (exact) mass is 275 g/mol. The highest BCUT2D eigenvalue weighted by atomic mass is 16.6. The van der Waals surface area contributed by atoms with Gasteiger partial charge in [-0.3, -0.25) is 9.59 Å². The highest BCUT2D eigenvalue weighted by Gasteiger charge is 2.07. The van der Waals surface area contributed by atoms with Gasteiger partial charge in [0, 0.05) is 18.5 Å². The molecule has 20 heavy (non-hydrogen) atoms. The van der Waals surface area contributed by atoms with Gasteiger partial charge in [-0.2, -0.15) is 0 Å². The van der Waals surface area contributed by atoms with Gasteiger partial charge in [0.2, 0.25) is 0 Å². The molecular formula is C15H17NO4. The molecule has 0 spiro atoms. The number of Topliss-reactive ketones (excluding diaryl/α,β-unsaturated/α-hetero) is 2. The molecule has 1 rings (SSSR count). The summed E-state index contributed by atoms with van der Waals surface area (Å²) in [6.45, 7) is 6.79. The van der Waals surface area contributed by atoms with Crippen LogP contribution in [0, 0.1) is 0 Å². The molecule has 0 aliphatic heterocycles. The second kappa shape index (κ2) is 7.23. The van der Waals surface area contributed by atoms with Gasteiger partial charge < -0.3 is 10.1 Å². The summed E-state index contributed by atoms with van der Waals surface area (Å²) in [6.07, 6.45) is -0.455. The van der Waals surface area contributed by atoms with E-state index < -0.39 is 6.09 Å². The van der Waals surface area contributed by atoms with Crippen molar-refractivity contribution < 1.29 is 19.1 Å². The van der Waals surface area contributed by atoms with Crippen LogP contribution in [0.15, 0.2) is 36.4 Å². The van der Waals surface area contributed by atoms with Gasteiger partial charge in [-0.25, -0.2) is 4.79 Å². The van der Waals surface area contributed by atoms with E-state index in [4.69, 9.17) is 4.74 Å². The van der Waals surface area contributed by atoms with Crippen molar-refractivity contribution in [2.75, 3.05) is 6.54 Å². The number of amides is 1. The van der Waals surface area contributed by atoms with Crippen LogP contribution >= 0.6 is 0 Å². The van der Waals surface area contributed by atoms with Crippen molar-refractivity contribution in [2.24, 2.45) is 0 Å². The minimum absolute atomic E-state index is 0.0562. The van der Waals surface area contributed by atoms with Crippen molar-refractivity contribution in [3.8, 4) is 5.75 Å². The van der Waals surface area contributed by atoms with E-state index in [1.807, 2.05) is 0 Å². The molecule has 0 saturated carbocycles. The van der Waals surface area contributed by atoms with Gasteiger partial charge in [0.15, 0.2) is 11.6 Å². The fourth-order valence-corrected chi connectivity index (χ4v) is 1.39. The SMILES string of the molecule is C=C(C)C(=O)CCNC(=O)Oc1ccc(C(C)=O)cc1. The first kappa shape index (κ1) is 15.6. The Labute approximate surface area is 117 Å². The molecule has 0 atom stereocenters. The minimum atomic E-state index is -0.643. The zero-order valence-corrected chi connectivity index (χ0v) is 11.6. The fourth-order valence-electron chi connectivity index (χ4n) is 1.39. The van der Waals surface area contributed by atoms with Crippen LogP contribution in [0.25, 0.3) is 0 Å². The number of benzene rings is 1. The molecule has 1 aromatic rings. The summed E-state index contributed by atoms with van der Waals surface area (Å²) in [5.74, 6) is 0.175. The normalized spacial score (nSPS) is 9.70. The summed E-state index contributed by atoms with van der Waals surface area (Å²) in [4.78, 5) is 33.8. The van der Waals surface area contributed by atoms with Crippen LogP contribution < -0.4 is 10.1 Å². The van der Waals surface area contributed by atoms with Gasteiger partial charge in [0.05, 0.1) is 0 Å². The number of ketones is 2. The van der Waals surface area contributed by atoms with Crippen LogP contribution in [0.4, 0.5) is 4.79 Å². The molecule has 106 valence electrons. The summed E-state index contributed by atoms with van der Waals surface area (Å²) in [7, 11) is 0. The maximum atomic E-state index is 11.4. The first-order valence-corrected chi connectivity index (χ1v) is 6.15. The lowest BCUT2D eigenvalue weighted by molar-refractivity contribution is -0.115. The van der Waals surface area contributed by atoms with Crippen molar-refractivity contribution in [1.82, 2.24) is 5.32 Å². The summed E-state index contributed by atoms with van der Waals surface area (Å²) in [6, 6.07) is 6.23. The lowest BCUT2D eigenvalue weighted by Crippen LogP contribution is -2.29. The summed E-state index contributed by atoms with van der Waals surface area (Å²) in [5.41, 5.74) is 1.00. The molecule has 0 aromatic heterocycles. The Balaban J connectivity index is 2.40. The quantitative estimate of drug-likeness (QED) is 0.639. The van der Waals surface area contributed by atoms with E-state index in [0.717, 1.165) is 0 Å². The average molecular weight is 275 g/mol. The second-order valence-electron chi connectivity index (χ2n) is 4.35. The number of hydrogen-bond donors (Lipinski definition) is 1. The van der Waals surface area contributed by atoms with Gasteiger partial charge in [-0.05, 0) is 43.7 Å². The predicted molar refractivity (Wildman–Crippen MR) is 74.9 cm³/mol. The van der Waals surface area contributed by atoms with Crippen molar-refractivity contribution in [3.63, 3.8) is 0 Å². The third kappa shape index (κ3) is 5.06. The number of hydrogen-bond acceptors (Lipinski definition) is 4. The van der Waals surface area contributed by atoms with Crippen LogP contribution in [-0.4, -0.2) is 24.2 Å². The minimum Gasteiger partial charge on any atom is -0.410 e. The Kier molecular flexibility index (Phi) is 5.65. The Hall–Kier alpha value is -2.43. The van der Waals surface area contributed by atoms with Gasteiger partial charge in [-0.1, -0.05) is 6.58 Å². The van der Waals surface area contributed by atoms with E-state index in [9.17, 15) is 14.4 Å². The third-order valence-corrected chi connectivity index (χ3v) is 2.57. The topological polar surface area (TPSA) is 72.5 Å². The Morgan fingerprint density at radius 3 is 2.25 bits per heavy atom. The molecule has 1 amide bonds. The fraction of sp³-hybridized carbons (Fsp3) is 0.267. The molecule has 0 bridgehead atoms. The molecule has 5 nitrogen and oxygen atoms in total. The zero-order valence-electron chi connectivity index (χ0n) is 11.6. The van der Waals surface area contributed by atoms with Crippen LogP contribution in [0.5, 0.6) is 5.75 Å². The van der Waals surface area contributed by atoms with Gasteiger partial charge >= 0.3 is 6.09 Å². The number of nitrogens with one attached hydrogen (secondary N) is 1. The smallest absolute Gasteiger partial charge is 0.410 e. The molecule has 5 heteroatoms. The standard InChI is InChI=1S/C15H17NO4/c1-10(2)14(18)8-9-16-15(19)20-13-6-4-12(5-7-13)11(3)17/h4-7H,1,8-9H2,2-3H3,(H,16,19). The van der Waals surface area contributed by atoms with Gasteiger partial charge in [-0.15, -0.1) is 0 Å². The van der Waals surface area contributed by atoms with E-state index in [1.54, 1.807) is 19.1 Å². The van der Waals surface area contributed by atoms with E-state index in [2.05, 4.69) is 11.9 Å². The summed E-state index contributed by atoms with van der Waals surface area (Å²) in [5, 5.41) is 2.46. The second-order valence-corrected chi connectivity index (χ2v) is 4.35. The molecular weight excluding hydrogens is 258 g/mol. The maximum Gasteiger partial charge on any atom is 0.412 e. The molecule has 0 saturated heterocycles. The number of allylic oxidation sites excluding steroid dienone is 1. The predicted octanol–water partition coefficient (Wildman–Crippen LogP) is 2.51. The van der Waals surface area contributed by atoms with E-state index in [0.29, 0.717) is 16.9 Å². The van der Waals surface area contributed by atoms with E-state index in [-0.39, 0.29) is 24.5 Å². The zero-order chi connectivity index (χ0) is 15.1. The highest BCUT2D eigenvalue weighted by molar-refractivity contribution is 5.94. The van der Waals surface area contributed by atoms with Crippen molar-refractivity contribution in [2.45, 2.75) is 20.3 Å². The van der Waals surface area contributed by atoms with Crippen LogP contribution in [0.1, 0.15) is 30.6 Å². The van der Waals surface area contributed by atoms with Gasteiger partial charge in [0.1, 0.15) is 5.75 Å². The molecule has 0 aliphatic rings. The van der Waals surface area contributed by atoms with Crippen LogP contribution in [-0.2, 0) is 4.79 Å². The molecule has 0 fully saturated rings. The molecule has 0 aliphatic carbocycles. The largest absolute Gasteiger partial charge is 0.412 e. The molecule has 0 unspecified atom stereocenters. The lowest BCUT2D eigenvalue weighted by Gasteiger charge is -2.06. The number of rotatable bonds is 6. The number of carbonyl (C=O) groups excluding carboxylic acids is 3. The van der Waals surface area contributed by atoms with Crippen molar-refractivity contribution >= 4 is 17.7 Å². The first-order chi connectivity index (χ1) is 9.40. The average Bonchev–Trinajstić information content (AvgIpc) is 2.39. The summed E-state index contributed by atoms with van der Waals surface area (Å²) >= 11 is 0. The third-order valence-electron chi connectivity index (χ3n) is 2.57. The van der Waals surface area contributed by atoms with Crippen LogP contribution in [0.3, 0.4) is 0 Å². The Bertz CT molecular complexity index is 531. The lowest BCUT2D eigenvalue weighted by atomic mass is 10.1. The number of ether oxygens (including phenoxy) is 1. The van der Waals surface area contributed by atoms with Crippen LogP contribution in [0.2, 0.25) is 0 Å². The van der Waals surface area contributed by atoms with Crippen molar-refractivity contribution in [3.05, 3.63) is 42.0 Å². The number of carbonyl (C=O) groups is 3. The molecule has 1 N–H and O–H groups in total. The molecule has 0 heterocycles. The van der Waals surface area contributed by atoms with Crippen molar-refractivity contribution in [1.29, 1.82) is 0 Å². The molecule has 0 radical (unpaired) electrons. The van der Waals surface area contributed by atoms with E-state index >= 15 is 0 Å². The maximum absolute atomic E-state index is 11.4. The van der Waals surface area contributed by atoms with E-state index in [1.165, 1.54) is 19.1 Å². The Morgan fingerprint density at radius 2 is 1.75 bits per heavy atom. The van der Waals surface area contributed by atoms with Gasteiger partial charge in [0.25, 0.3) is 0 Å². The highest BCUT2D eigenvalue weighted by Crippen LogP contribution is 2.12. The first-order valence-electron chi connectivity index (χ1n) is 6.15. The Morgan fingerprint density at radius 1 is 1.15 bits per heavy atom. The summed E-state index contributed by atoms with van der Waals surface area (Å²) < 4.78 is 5.00.